The van der Waals surface area contributed by atoms with Crippen LogP contribution in [0.1, 0.15) is 34.1 Å². The van der Waals surface area contributed by atoms with Gasteiger partial charge in [-0.2, -0.15) is 5.26 Å². The van der Waals surface area contributed by atoms with Crippen LogP contribution in [0.5, 0.6) is 0 Å². The smallest absolute Gasteiger partial charge is 0.399 e. The average Bonchev–Trinajstić information content (AvgIpc) is 2.60. The second-order valence-corrected chi connectivity index (χ2v) is 6.05. The molecule has 0 radical (unpaired) electrons. The van der Waals surface area contributed by atoms with Crippen LogP contribution in [-0.4, -0.2) is 24.9 Å². The first-order valence-electron chi connectivity index (χ1n) is 6.92. The quantitative estimate of drug-likeness (QED) is 0.675. The Bertz CT molecular complexity index is 490. The van der Waals surface area contributed by atoms with E-state index in [1.165, 1.54) is 0 Å². The molecule has 1 saturated heterocycles. The third-order valence-electron chi connectivity index (χ3n) is 4.00. The van der Waals surface area contributed by atoms with Gasteiger partial charge in [0.05, 0.1) is 23.7 Å². The van der Waals surface area contributed by atoms with Crippen molar-refractivity contribution in [3.63, 3.8) is 0 Å². The van der Waals surface area contributed by atoms with Crippen molar-refractivity contribution in [1.82, 2.24) is 0 Å². The molecule has 5 heteroatoms. The standard InChI is InChI=1S/C15H21BN2O2/c1-14(2)15(3,4)20-16(19-14)12-6-8-13(9-7-12)18-11-5-10-17/h6-9,18H,5,11H2,1-4H3. The Morgan fingerprint density at radius 3 is 2.15 bits per heavy atom. The van der Waals surface area contributed by atoms with Crippen LogP contribution in [0.4, 0.5) is 5.69 Å². The van der Waals surface area contributed by atoms with Crippen LogP contribution in [0.3, 0.4) is 0 Å². The molecule has 1 aliphatic heterocycles. The lowest BCUT2D eigenvalue weighted by Crippen LogP contribution is -2.41. The summed E-state index contributed by atoms with van der Waals surface area (Å²) in [7, 11) is -0.326. The maximum Gasteiger partial charge on any atom is 0.494 e. The number of hydrogen-bond acceptors (Lipinski definition) is 4. The summed E-state index contributed by atoms with van der Waals surface area (Å²) >= 11 is 0. The van der Waals surface area contributed by atoms with E-state index >= 15 is 0 Å². The van der Waals surface area contributed by atoms with Crippen molar-refractivity contribution in [2.45, 2.75) is 45.3 Å². The third kappa shape index (κ3) is 2.97. The van der Waals surface area contributed by atoms with Gasteiger partial charge in [-0.25, -0.2) is 0 Å². The Morgan fingerprint density at radius 1 is 1.10 bits per heavy atom. The maximum atomic E-state index is 8.51. The van der Waals surface area contributed by atoms with Gasteiger partial charge in [-0.1, -0.05) is 12.1 Å². The molecule has 0 atom stereocenters. The number of rotatable bonds is 4. The van der Waals surface area contributed by atoms with E-state index in [1.807, 2.05) is 52.0 Å². The molecule has 1 aliphatic rings. The summed E-state index contributed by atoms with van der Waals surface area (Å²) in [6.07, 6.45) is 0.499. The molecule has 0 unspecified atom stereocenters. The van der Waals surface area contributed by atoms with Gasteiger partial charge in [-0.15, -0.1) is 0 Å². The fourth-order valence-electron chi connectivity index (χ4n) is 2.00. The lowest BCUT2D eigenvalue weighted by molar-refractivity contribution is 0.00578. The fourth-order valence-corrected chi connectivity index (χ4v) is 2.00. The maximum absolute atomic E-state index is 8.51. The van der Waals surface area contributed by atoms with E-state index in [4.69, 9.17) is 14.6 Å². The highest BCUT2D eigenvalue weighted by atomic mass is 16.7. The molecule has 1 heterocycles. The molecule has 2 rings (SSSR count). The average molecular weight is 272 g/mol. The Balaban J connectivity index is 2.03. The van der Waals surface area contributed by atoms with E-state index in [2.05, 4.69) is 11.4 Å². The summed E-state index contributed by atoms with van der Waals surface area (Å²) in [5.41, 5.74) is 1.37. The summed E-state index contributed by atoms with van der Waals surface area (Å²) in [5, 5.41) is 11.7. The van der Waals surface area contributed by atoms with Crippen molar-refractivity contribution in [3.8, 4) is 6.07 Å². The third-order valence-corrected chi connectivity index (χ3v) is 4.00. The second kappa shape index (κ2) is 5.47. The number of hydrogen-bond donors (Lipinski definition) is 1. The van der Waals surface area contributed by atoms with Crippen molar-refractivity contribution in [3.05, 3.63) is 24.3 Å². The number of nitrogens with one attached hydrogen (secondary N) is 1. The van der Waals surface area contributed by atoms with Crippen molar-refractivity contribution in [2.24, 2.45) is 0 Å². The van der Waals surface area contributed by atoms with Crippen LogP contribution in [0.15, 0.2) is 24.3 Å². The van der Waals surface area contributed by atoms with Crippen LogP contribution in [-0.2, 0) is 9.31 Å². The van der Waals surface area contributed by atoms with Crippen molar-refractivity contribution in [1.29, 1.82) is 5.26 Å². The monoisotopic (exact) mass is 272 g/mol. The predicted molar refractivity (Wildman–Crippen MR) is 80.9 cm³/mol. The van der Waals surface area contributed by atoms with E-state index in [-0.39, 0.29) is 18.3 Å². The molecule has 0 aliphatic carbocycles. The van der Waals surface area contributed by atoms with Crippen molar-refractivity contribution >= 4 is 18.3 Å². The van der Waals surface area contributed by atoms with Gasteiger partial charge in [-0.3, -0.25) is 0 Å². The van der Waals surface area contributed by atoms with Crippen LogP contribution in [0.25, 0.3) is 0 Å². The van der Waals surface area contributed by atoms with Crippen molar-refractivity contribution < 1.29 is 9.31 Å². The zero-order valence-electron chi connectivity index (χ0n) is 12.6. The summed E-state index contributed by atoms with van der Waals surface area (Å²) in [6, 6.07) is 10.1. The van der Waals surface area contributed by atoms with E-state index in [0.717, 1.165) is 11.2 Å². The summed E-state index contributed by atoms with van der Waals surface area (Å²) < 4.78 is 12.0. The Hall–Kier alpha value is -1.51. The molecule has 20 heavy (non-hydrogen) atoms. The number of benzene rings is 1. The lowest BCUT2D eigenvalue weighted by atomic mass is 9.79. The Morgan fingerprint density at radius 2 is 1.65 bits per heavy atom. The van der Waals surface area contributed by atoms with Gasteiger partial charge in [-0.05, 0) is 45.3 Å². The van der Waals surface area contributed by atoms with Gasteiger partial charge in [0.1, 0.15) is 0 Å². The number of anilines is 1. The molecule has 4 nitrogen and oxygen atoms in total. The molecule has 1 fully saturated rings. The summed E-state index contributed by atoms with van der Waals surface area (Å²) in [5.74, 6) is 0. The number of nitrogens with zero attached hydrogens (tertiary/aromatic N) is 1. The zero-order chi connectivity index (χ0) is 14.8. The normalized spacial score (nSPS) is 19.6. The highest BCUT2D eigenvalue weighted by molar-refractivity contribution is 6.62. The lowest BCUT2D eigenvalue weighted by Gasteiger charge is -2.32. The predicted octanol–water partition coefficient (Wildman–Crippen LogP) is 2.31. The van der Waals surface area contributed by atoms with Gasteiger partial charge in [0.15, 0.2) is 0 Å². The van der Waals surface area contributed by atoms with Gasteiger partial charge in [0.25, 0.3) is 0 Å². The van der Waals surface area contributed by atoms with Crippen LogP contribution < -0.4 is 10.8 Å². The molecule has 1 aromatic carbocycles. The van der Waals surface area contributed by atoms with Crippen molar-refractivity contribution in [2.75, 3.05) is 11.9 Å². The van der Waals surface area contributed by atoms with E-state index < -0.39 is 0 Å². The second-order valence-electron chi connectivity index (χ2n) is 6.05. The minimum atomic E-state index is -0.326. The first kappa shape index (κ1) is 14.9. The molecule has 0 amide bonds. The SMILES string of the molecule is CC1(C)OB(c2ccc(NCCC#N)cc2)OC1(C)C. The van der Waals surface area contributed by atoms with Crippen LogP contribution in [0, 0.1) is 11.3 Å². The first-order valence-corrected chi connectivity index (χ1v) is 6.92. The molecule has 0 bridgehead atoms. The fraction of sp³-hybridized carbons (Fsp3) is 0.533. The topological polar surface area (TPSA) is 54.3 Å². The summed E-state index contributed by atoms with van der Waals surface area (Å²) in [4.78, 5) is 0. The molecule has 1 aromatic rings. The molecule has 0 saturated carbocycles. The summed E-state index contributed by atoms with van der Waals surface area (Å²) in [6.45, 7) is 8.84. The molecule has 1 N–H and O–H groups in total. The van der Waals surface area contributed by atoms with Gasteiger partial charge >= 0.3 is 7.12 Å². The van der Waals surface area contributed by atoms with E-state index in [9.17, 15) is 0 Å². The van der Waals surface area contributed by atoms with E-state index in [1.54, 1.807) is 0 Å². The largest absolute Gasteiger partial charge is 0.494 e. The highest BCUT2D eigenvalue weighted by Crippen LogP contribution is 2.36. The minimum Gasteiger partial charge on any atom is -0.399 e. The molecule has 0 aromatic heterocycles. The molecule has 0 spiro atoms. The molecular weight excluding hydrogens is 251 g/mol. The van der Waals surface area contributed by atoms with Crippen LogP contribution in [0.2, 0.25) is 0 Å². The van der Waals surface area contributed by atoms with E-state index in [0.29, 0.717) is 13.0 Å². The van der Waals surface area contributed by atoms with Crippen LogP contribution >= 0.6 is 0 Å². The molecule has 106 valence electrons. The highest BCUT2D eigenvalue weighted by Gasteiger charge is 2.51. The Kier molecular flexibility index (Phi) is 4.07. The van der Waals surface area contributed by atoms with Gasteiger partial charge in [0.2, 0.25) is 0 Å². The molecular formula is C15H21BN2O2. The minimum absolute atomic E-state index is 0.318. The van der Waals surface area contributed by atoms with Gasteiger partial charge in [0, 0.05) is 12.2 Å². The van der Waals surface area contributed by atoms with Gasteiger partial charge < -0.3 is 14.6 Å². The zero-order valence-corrected chi connectivity index (χ0v) is 12.6. The first-order chi connectivity index (χ1) is 9.36. The Labute approximate surface area is 121 Å². The number of nitriles is 1.